The van der Waals surface area contributed by atoms with Gasteiger partial charge in [0.2, 0.25) is 0 Å². The largest absolute Gasteiger partial charge is 0.508 e. The van der Waals surface area contributed by atoms with Crippen molar-refractivity contribution in [2.45, 2.75) is 20.3 Å². The van der Waals surface area contributed by atoms with Crippen molar-refractivity contribution in [1.29, 1.82) is 0 Å². The van der Waals surface area contributed by atoms with Crippen molar-refractivity contribution in [2.24, 2.45) is 0 Å². The van der Waals surface area contributed by atoms with E-state index >= 15 is 0 Å². The summed E-state index contributed by atoms with van der Waals surface area (Å²) >= 11 is 0. The third-order valence-electron chi connectivity index (χ3n) is 2.04. The smallest absolute Gasteiger partial charge is 0.264 e. The fourth-order valence-electron chi connectivity index (χ4n) is 1.06. The first-order valence-electron chi connectivity index (χ1n) is 3.61. The van der Waals surface area contributed by atoms with Gasteiger partial charge in [-0.05, 0) is 37.1 Å². The molecule has 3 heteroatoms. The monoisotopic (exact) mass is 172 g/mol. The molecule has 0 saturated heterocycles. The maximum atomic E-state index is 12.3. The molecule has 0 aliphatic carbocycles. The Kier molecular flexibility index (Phi) is 2.31. The van der Waals surface area contributed by atoms with Gasteiger partial charge in [-0.25, -0.2) is 8.78 Å². The van der Waals surface area contributed by atoms with Gasteiger partial charge in [0.1, 0.15) is 5.75 Å². The lowest BCUT2D eigenvalue weighted by Crippen LogP contribution is -1.92. The number of benzene rings is 1. The van der Waals surface area contributed by atoms with Crippen molar-refractivity contribution < 1.29 is 13.9 Å². The van der Waals surface area contributed by atoms with E-state index in [0.29, 0.717) is 11.1 Å². The fourth-order valence-corrected chi connectivity index (χ4v) is 1.06. The molecule has 0 unspecified atom stereocenters. The van der Waals surface area contributed by atoms with Gasteiger partial charge in [0.05, 0.1) is 0 Å². The maximum absolute atomic E-state index is 12.3. The zero-order valence-corrected chi connectivity index (χ0v) is 6.94. The molecule has 1 N–H and O–H groups in total. The lowest BCUT2D eigenvalue weighted by molar-refractivity contribution is 0.150. The quantitative estimate of drug-likeness (QED) is 0.690. The zero-order chi connectivity index (χ0) is 9.30. The molecule has 0 saturated carbocycles. The molecule has 0 bridgehead atoms. The summed E-state index contributed by atoms with van der Waals surface area (Å²) in [7, 11) is 0. The second-order valence-electron chi connectivity index (χ2n) is 2.72. The Hall–Kier alpha value is -1.12. The van der Waals surface area contributed by atoms with E-state index in [9.17, 15) is 8.78 Å². The highest BCUT2D eigenvalue weighted by molar-refractivity contribution is 5.43. The highest BCUT2D eigenvalue weighted by Crippen LogP contribution is 2.29. The summed E-state index contributed by atoms with van der Waals surface area (Å²) in [5.74, 6) is 0.0666. The average molecular weight is 172 g/mol. The summed E-state index contributed by atoms with van der Waals surface area (Å²) in [6, 6.07) is 2.55. The Bertz CT molecular complexity index is 295. The van der Waals surface area contributed by atoms with Crippen LogP contribution in [0.2, 0.25) is 0 Å². The Morgan fingerprint density at radius 3 is 2.25 bits per heavy atom. The van der Waals surface area contributed by atoms with Crippen LogP contribution in [0.15, 0.2) is 12.1 Å². The molecule has 0 amide bonds. The van der Waals surface area contributed by atoms with Crippen molar-refractivity contribution >= 4 is 0 Å². The van der Waals surface area contributed by atoms with E-state index in [1.807, 2.05) is 0 Å². The minimum atomic E-state index is -2.47. The first-order valence-corrected chi connectivity index (χ1v) is 3.61. The molecule has 0 fully saturated rings. The van der Waals surface area contributed by atoms with Crippen LogP contribution in [0.25, 0.3) is 0 Å². The molecule has 0 heterocycles. The molecule has 0 radical (unpaired) electrons. The van der Waals surface area contributed by atoms with Gasteiger partial charge in [-0.15, -0.1) is 0 Å². The summed E-state index contributed by atoms with van der Waals surface area (Å²) in [5.41, 5.74) is 0.975. The van der Waals surface area contributed by atoms with Crippen LogP contribution in [0.3, 0.4) is 0 Å². The molecule has 66 valence electrons. The number of rotatable bonds is 1. The van der Waals surface area contributed by atoms with E-state index in [4.69, 9.17) is 5.11 Å². The molecule has 1 aromatic carbocycles. The molecule has 12 heavy (non-hydrogen) atoms. The van der Waals surface area contributed by atoms with Gasteiger partial charge >= 0.3 is 0 Å². The van der Waals surface area contributed by atoms with Gasteiger partial charge in [0.15, 0.2) is 0 Å². The van der Waals surface area contributed by atoms with Gasteiger partial charge in [-0.2, -0.15) is 0 Å². The average Bonchev–Trinajstić information content (AvgIpc) is 2.00. The van der Waals surface area contributed by atoms with E-state index < -0.39 is 6.43 Å². The van der Waals surface area contributed by atoms with Crippen LogP contribution >= 0.6 is 0 Å². The van der Waals surface area contributed by atoms with E-state index in [1.54, 1.807) is 13.8 Å². The summed E-state index contributed by atoms with van der Waals surface area (Å²) in [5, 5.41) is 9.16. The first-order chi connectivity index (χ1) is 5.54. The Morgan fingerprint density at radius 2 is 1.75 bits per heavy atom. The maximum Gasteiger partial charge on any atom is 0.264 e. The van der Waals surface area contributed by atoms with Crippen LogP contribution in [0.1, 0.15) is 23.1 Å². The predicted molar refractivity (Wildman–Crippen MR) is 42.5 cm³/mol. The van der Waals surface area contributed by atoms with Crippen LogP contribution < -0.4 is 0 Å². The number of hydrogen-bond acceptors (Lipinski definition) is 1. The van der Waals surface area contributed by atoms with E-state index in [0.717, 1.165) is 0 Å². The van der Waals surface area contributed by atoms with Gasteiger partial charge < -0.3 is 5.11 Å². The molecule has 1 aromatic rings. The third kappa shape index (κ3) is 1.40. The minimum absolute atomic E-state index is 0.00898. The van der Waals surface area contributed by atoms with E-state index in [2.05, 4.69) is 0 Å². The molecular formula is C9H10F2O. The second-order valence-corrected chi connectivity index (χ2v) is 2.72. The van der Waals surface area contributed by atoms with Gasteiger partial charge in [-0.1, -0.05) is 0 Å². The van der Waals surface area contributed by atoms with E-state index in [1.165, 1.54) is 12.1 Å². The van der Waals surface area contributed by atoms with Crippen LogP contribution in [-0.2, 0) is 0 Å². The predicted octanol–water partition coefficient (Wildman–Crippen LogP) is 2.95. The molecular weight excluding hydrogens is 162 g/mol. The number of phenols is 1. The zero-order valence-electron chi connectivity index (χ0n) is 6.94. The first kappa shape index (κ1) is 8.97. The molecule has 0 aliphatic rings. The van der Waals surface area contributed by atoms with Crippen molar-refractivity contribution in [3.05, 3.63) is 28.8 Å². The van der Waals surface area contributed by atoms with E-state index in [-0.39, 0.29) is 11.3 Å². The van der Waals surface area contributed by atoms with Gasteiger partial charge in [0, 0.05) is 5.56 Å². The highest BCUT2D eigenvalue weighted by atomic mass is 19.3. The normalized spacial score (nSPS) is 10.8. The fraction of sp³-hybridized carbons (Fsp3) is 0.333. The summed E-state index contributed by atoms with van der Waals surface area (Å²) in [4.78, 5) is 0. The van der Waals surface area contributed by atoms with Crippen molar-refractivity contribution in [3.8, 4) is 5.75 Å². The number of halogens is 2. The van der Waals surface area contributed by atoms with Crippen molar-refractivity contribution in [3.63, 3.8) is 0 Å². The van der Waals surface area contributed by atoms with Crippen LogP contribution in [0.5, 0.6) is 5.75 Å². The highest BCUT2D eigenvalue weighted by Gasteiger charge is 2.12. The SMILES string of the molecule is Cc1c(O)ccc(C(F)F)c1C. The van der Waals surface area contributed by atoms with Gasteiger partial charge in [-0.3, -0.25) is 0 Å². The van der Waals surface area contributed by atoms with Crippen LogP contribution in [0, 0.1) is 13.8 Å². The molecule has 1 nitrogen and oxygen atoms in total. The number of hydrogen-bond donors (Lipinski definition) is 1. The molecule has 0 atom stereocenters. The van der Waals surface area contributed by atoms with Crippen LogP contribution in [-0.4, -0.2) is 5.11 Å². The van der Waals surface area contributed by atoms with Gasteiger partial charge in [0.25, 0.3) is 6.43 Å². The summed E-state index contributed by atoms with van der Waals surface area (Å²) < 4.78 is 24.5. The molecule has 0 aromatic heterocycles. The lowest BCUT2D eigenvalue weighted by Gasteiger charge is -2.08. The van der Waals surface area contributed by atoms with Crippen LogP contribution in [0.4, 0.5) is 8.78 Å². The minimum Gasteiger partial charge on any atom is -0.508 e. The van der Waals surface area contributed by atoms with Crippen molar-refractivity contribution in [2.75, 3.05) is 0 Å². The topological polar surface area (TPSA) is 20.2 Å². The number of alkyl halides is 2. The van der Waals surface area contributed by atoms with Crippen molar-refractivity contribution in [1.82, 2.24) is 0 Å². The number of phenolic OH excluding ortho intramolecular Hbond substituents is 1. The molecule has 0 spiro atoms. The Labute approximate surface area is 69.7 Å². The third-order valence-corrected chi connectivity index (χ3v) is 2.04. The summed E-state index contributed by atoms with van der Waals surface area (Å²) in [6.07, 6.45) is -2.47. The second kappa shape index (κ2) is 3.09. The Morgan fingerprint density at radius 1 is 1.17 bits per heavy atom. The molecule has 1 rings (SSSR count). The summed E-state index contributed by atoms with van der Waals surface area (Å²) in [6.45, 7) is 3.20. The Balaban J connectivity index is 3.27. The molecule has 0 aliphatic heterocycles. The number of aromatic hydroxyl groups is 1. The lowest BCUT2D eigenvalue weighted by atomic mass is 10.0. The standard InChI is InChI=1S/C9H10F2O/c1-5-6(2)8(12)4-3-7(5)9(10)11/h3-4,9,12H,1-2H3.